The molecule has 0 saturated carbocycles. The summed E-state index contributed by atoms with van der Waals surface area (Å²) in [7, 11) is 2.20. The highest BCUT2D eigenvalue weighted by Crippen LogP contribution is 2.22. The molecule has 2 saturated heterocycles. The van der Waals surface area contributed by atoms with Crippen LogP contribution >= 0.6 is 11.8 Å². The van der Waals surface area contributed by atoms with Crippen molar-refractivity contribution in [2.75, 3.05) is 25.9 Å². The zero-order valence-corrected chi connectivity index (χ0v) is 11.4. The number of piperidine rings is 1. The molecule has 4 heteroatoms. The first-order chi connectivity index (χ1) is 7.69. The van der Waals surface area contributed by atoms with Crippen molar-refractivity contribution >= 4 is 16.9 Å². The van der Waals surface area contributed by atoms with Gasteiger partial charge in [0.1, 0.15) is 0 Å². The lowest BCUT2D eigenvalue weighted by Crippen LogP contribution is -2.39. The van der Waals surface area contributed by atoms with E-state index < -0.39 is 0 Å². The van der Waals surface area contributed by atoms with Crippen molar-refractivity contribution in [1.29, 1.82) is 0 Å². The lowest BCUT2D eigenvalue weighted by atomic mass is 9.95. The molecule has 0 spiro atoms. The minimum absolute atomic E-state index is 0.529. The van der Waals surface area contributed by atoms with E-state index in [1.807, 2.05) is 11.8 Å². The highest BCUT2D eigenvalue weighted by Gasteiger charge is 2.26. The van der Waals surface area contributed by atoms with Gasteiger partial charge in [-0.2, -0.15) is 0 Å². The summed E-state index contributed by atoms with van der Waals surface area (Å²) in [5.74, 6) is 1.88. The van der Waals surface area contributed by atoms with Gasteiger partial charge in [0.2, 0.25) is 0 Å². The van der Waals surface area contributed by atoms with Crippen LogP contribution in [0.25, 0.3) is 0 Å². The Kier molecular flexibility index (Phi) is 4.14. The summed E-state index contributed by atoms with van der Waals surface area (Å²) in [6.45, 7) is 6.93. The zero-order chi connectivity index (χ0) is 11.5. The van der Waals surface area contributed by atoms with Gasteiger partial charge in [0, 0.05) is 18.3 Å². The Morgan fingerprint density at radius 2 is 2.38 bits per heavy atom. The molecule has 0 bridgehead atoms. The van der Waals surface area contributed by atoms with Crippen molar-refractivity contribution in [3.05, 3.63) is 0 Å². The number of thioether (sulfide) groups is 1. The summed E-state index contributed by atoms with van der Waals surface area (Å²) in [6, 6.07) is 1.17. The van der Waals surface area contributed by atoms with E-state index in [4.69, 9.17) is 4.99 Å². The quantitative estimate of drug-likeness (QED) is 0.799. The monoisotopic (exact) mass is 241 g/mol. The van der Waals surface area contributed by atoms with Crippen LogP contribution in [0.15, 0.2) is 4.99 Å². The third-order valence-electron chi connectivity index (χ3n) is 3.59. The van der Waals surface area contributed by atoms with Crippen LogP contribution in [0.4, 0.5) is 0 Å². The first kappa shape index (κ1) is 12.2. The SMILES string of the molecule is CCC1CSC(=NC2CCN(C)CC2C)N1. The first-order valence-electron chi connectivity index (χ1n) is 6.34. The molecule has 92 valence electrons. The largest absolute Gasteiger partial charge is 0.361 e. The minimum Gasteiger partial charge on any atom is -0.361 e. The van der Waals surface area contributed by atoms with Crippen molar-refractivity contribution in [2.24, 2.45) is 10.9 Å². The van der Waals surface area contributed by atoms with E-state index in [1.165, 1.54) is 36.9 Å². The summed E-state index contributed by atoms with van der Waals surface area (Å²) in [6.07, 6.45) is 2.41. The molecular formula is C12H23N3S. The summed E-state index contributed by atoms with van der Waals surface area (Å²) in [5, 5.41) is 4.71. The summed E-state index contributed by atoms with van der Waals surface area (Å²) >= 11 is 1.90. The normalized spacial score (nSPS) is 38.9. The van der Waals surface area contributed by atoms with Crippen LogP contribution in [-0.4, -0.2) is 48.0 Å². The Morgan fingerprint density at radius 3 is 3.00 bits per heavy atom. The Hall–Kier alpha value is -0.220. The van der Waals surface area contributed by atoms with E-state index >= 15 is 0 Å². The Morgan fingerprint density at radius 1 is 1.56 bits per heavy atom. The van der Waals surface area contributed by atoms with Crippen LogP contribution < -0.4 is 5.32 Å². The maximum absolute atomic E-state index is 4.89. The van der Waals surface area contributed by atoms with Gasteiger partial charge in [-0.25, -0.2) is 0 Å². The average Bonchev–Trinajstić information content (AvgIpc) is 2.70. The van der Waals surface area contributed by atoms with Gasteiger partial charge in [-0.3, -0.25) is 4.99 Å². The number of aliphatic imine (C=N–C) groups is 1. The van der Waals surface area contributed by atoms with Gasteiger partial charge in [0.25, 0.3) is 0 Å². The average molecular weight is 241 g/mol. The highest BCUT2D eigenvalue weighted by molar-refractivity contribution is 8.14. The fraction of sp³-hybridized carbons (Fsp3) is 0.917. The molecule has 2 aliphatic rings. The van der Waals surface area contributed by atoms with Crippen LogP contribution in [-0.2, 0) is 0 Å². The Balaban J connectivity index is 1.91. The van der Waals surface area contributed by atoms with Crippen molar-refractivity contribution in [3.63, 3.8) is 0 Å². The third kappa shape index (κ3) is 2.92. The molecule has 0 aromatic rings. The van der Waals surface area contributed by atoms with Crippen LogP contribution in [0, 0.1) is 5.92 Å². The fourth-order valence-corrected chi connectivity index (χ4v) is 3.55. The van der Waals surface area contributed by atoms with Gasteiger partial charge in [-0.1, -0.05) is 25.6 Å². The fourth-order valence-electron chi connectivity index (χ4n) is 2.42. The summed E-state index contributed by atoms with van der Waals surface area (Å²) in [4.78, 5) is 7.30. The van der Waals surface area contributed by atoms with E-state index in [2.05, 4.69) is 31.1 Å². The number of hydrogen-bond donors (Lipinski definition) is 1. The maximum atomic E-state index is 4.89. The van der Waals surface area contributed by atoms with E-state index in [0.29, 0.717) is 18.0 Å². The van der Waals surface area contributed by atoms with Gasteiger partial charge >= 0.3 is 0 Å². The lowest BCUT2D eigenvalue weighted by Gasteiger charge is -2.32. The van der Waals surface area contributed by atoms with Crippen molar-refractivity contribution < 1.29 is 0 Å². The molecule has 0 amide bonds. The first-order valence-corrected chi connectivity index (χ1v) is 7.33. The molecule has 0 aromatic heterocycles. The molecule has 1 N–H and O–H groups in total. The zero-order valence-electron chi connectivity index (χ0n) is 10.6. The number of amidine groups is 1. The third-order valence-corrected chi connectivity index (χ3v) is 4.65. The summed E-state index contributed by atoms with van der Waals surface area (Å²) < 4.78 is 0. The van der Waals surface area contributed by atoms with Gasteiger partial charge in [-0.15, -0.1) is 0 Å². The molecule has 2 heterocycles. The predicted octanol–water partition coefficient (Wildman–Crippen LogP) is 1.80. The molecule has 0 radical (unpaired) electrons. The van der Waals surface area contributed by atoms with Crippen molar-refractivity contribution in [3.8, 4) is 0 Å². The Bertz CT molecular complexity index is 267. The summed E-state index contributed by atoms with van der Waals surface area (Å²) in [5.41, 5.74) is 0. The van der Waals surface area contributed by atoms with Crippen LogP contribution in [0.3, 0.4) is 0 Å². The number of likely N-dealkylation sites (tertiary alicyclic amines) is 1. The van der Waals surface area contributed by atoms with Gasteiger partial charge < -0.3 is 10.2 Å². The van der Waals surface area contributed by atoms with Crippen LogP contribution in [0.5, 0.6) is 0 Å². The second-order valence-electron chi connectivity index (χ2n) is 5.09. The lowest BCUT2D eigenvalue weighted by molar-refractivity contribution is 0.198. The number of hydrogen-bond acceptors (Lipinski definition) is 3. The second kappa shape index (κ2) is 5.41. The molecule has 3 nitrogen and oxygen atoms in total. The smallest absolute Gasteiger partial charge is 0.157 e. The van der Waals surface area contributed by atoms with Crippen LogP contribution in [0.1, 0.15) is 26.7 Å². The molecule has 3 unspecified atom stereocenters. The highest BCUT2D eigenvalue weighted by atomic mass is 32.2. The van der Waals surface area contributed by atoms with Gasteiger partial charge in [-0.05, 0) is 32.4 Å². The number of nitrogens with zero attached hydrogens (tertiary/aromatic N) is 2. The molecule has 0 aliphatic carbocycles. The number of rotatable bonds is 2. The van der Waals surface area contributed by atoms with E-state index in [1.54, 1.807) is 0 Å². The number of nitrogens with one attached hydrogen (secondary N) is 1. The van der Waals surface area contributed by atoms with E-state index in [0.717, 1.165) is 0 Å². The standard InChI is InChI=1S/C12H23N3S/c1-4-10-8-16-12(13-10)14-11-5-6-15(3)7-9(11)2/h9-11H,4-8H2,1-3H3,(H,13,14). The van der Waals surface area contributed by atoms with E-state index in [-0.39, 0.29) is 0 Å². The van der Waals surface area contributed by atoms with Crippen molar-refractivity contribution in [1.82, 2.24) is 10.2 Å². The van der Waals surface area contributed by atoms with Crippen molar-refractivity contribution in [2.45, 2.75) is 38.8 Å². The molecule has 2 rings (SSSR count). The Labute approximate surface area is 103 Å². The van der Waals surface area contributed by atoms with Gasteiger partial charge in [0.05, 0.1) is 6.04 Å². The molecule has 16 heavy (non-hydrogen) atoms. The minimum atomic E-state index is 0.529. The maximum Gasteiger partial charge on any atom is 0.157 e. The van der Waals surface area contributed by atoms with Crippen LogP contribution in [0.2, 0.25) is 0 Å². The second-order valence-corrected chi connectivity index (χ2v) is 6.10. The van der Waals surface area contributed by atoms with E-state index in [9.17, 15) is 0 Å². The molecule has 0 aromatic carbocycles. The molecule has 2 aliphatic heterocycles. The predicted molar refractivity (Wildman–Crippen MR) is 72.2 cm³/mol. The molecular weight excluding hydrogens is 218 g/mol. The molecule has 2 fully saturated rings. The molecule has 3 atom stereocenters. The van der Waals surface area contributed by atoms with Gasteiger partial charge in [0.15, 0.2) is 5.17 Å². The topological polar surface area (TPSA) is 27.6 Å².